The standard InChI is InChI=1S/C21H22F3N7/c1-12(2)26-18-29-17(14-5-4-6-15(28-14)21(22,23)24)30-19(31-18)27-13-7-10-25-16(11-13)20(3)8-9-20/h4-7,10-12H,8-9H2,1-3H3,(H2,25,26,27,29,30,31). The van der Waals surface area contributed by atoms with Crippen LogP contribution in [-0.2, 0) is 11.6 Å². The fourth-order valence-electron chi connectivity index (χ4n) is 3.00. The normalized spacial score (nSPS) is 15.1. The van der Waals surface area contributed by atoms with Crippen LogP contribution in [0.2, 0.25) is 0 Å². The Morgan fingerprint density at radius 3 is 2.42 bits per heavy atom. The van der Waals surface area contributed by atoms with Crippen LogP contribution >= 0.6 is 0 Å². The molecule has 1 fully saturated rings. The van der Waals surface area contributed by atoms with E-state index in [1.807, 2.05) is 19.9 Å². The zero-order chi connectivity index (χ0) is 22.2. The van der Waals surface area contributed by atoms with E-state index in [9.17, 15) is 13.2 Å². The monoisotopic (exact) mass is 429 g/mol. The summed E-state index contributed by atoms with van der Waals surface area (Å²) < 4.78 is 39.3. The van der Waals surface area contributed by atoms with E-state index in [0.29, 0.717) is 0 Å². The van der Waals surface area contributed by atoms with Crippen LogP contribution in [-0.4, -0.2) is 31.0 Å². The van der Waals surface area contributed by atoms with E-state index in [1.165, 1.54) is 12.1 Å². The highest BCUT2D eigenvalue weighted by Crippen LogP contribution is 2.47. The van der Waals surface area contributed by atoms with Gasteiger partial charge in [0, 0.05) is 29.0 Å². The van der Waals surface area contributed by atoms with Crippen molar-refractivity contribution in [1.29, 1.82) is 0 Å². The Hall–Kier alpha value is -3.30. The predicted octanol–water partition coefficient (Wildman–Crippen LogP) is 4.96. The second-order valence-electron chi connectivity index (χ2n) is 8.13. The highest BCUT2D eigenvalue weighted by atomic mass is 19.4. The number of pyridine rings is 2. The molecule has 0 aliphatic heterocycles. The maximum Gasteiger partial charge on any atom is 0.433 e. The fourth-order valence-corrected chi connectivity index (χ4v) is 3.00. The second kappa shape index (κ2) is 7.75. The molecule has 0 saturated heterocycles. The lowest BCUT2D eigenvalue weighted by molar-refractivity contribution is -0.141. The molecule has 31 heavy (non-hydrogen) atoms. The van der Waals surface area contributed by atoms with Crippen LogP contribution in [0.25, 0.3) is 11.5 Å². The summed E-state index contributed by atoms with van der Waals surface area (Å²) in [5.74, 6) is 0.478. The van der Waals surface area contributed by atoms with Gasteiger partial charge in [0.2, 0.25) is 11.9 Å². The van der Waals surface area contributed by atoms with Gasteiger partial charge in [-0.15, -0.1) is 0 Å². The van der Waals surface area contributed by atoms with Crippen molar-refractivity contribution in [2.75, 3.05) is 10.6 Å². The number of hydrogen-bond donors (Lipinski definition) is 2. The molecule has 0 spiro atoms. The molecule has 3 heterocycles. The number of aromatic nitrogens is 5. The Balaban J connectivity index is 1.70. The molecule has 0 unspecified atom stereocenters. The Morgan fingerprint density at radius 2 is 1.74 bits per heavy atom. The summed E-state index contributed by atoms with van der Waals surface area (Å²) in [5.41, 5.74) is 0.811. The van der Waals surface area contributed by atoms with Crippen molar-refractivity contribution in [3.8, 4) is 11.5 Å². The summed E-state index contributed by atoms with van der Waals surface area (Å²) in [6.07, 6.45) is -0.674. The van der Waals surface area contributed by atoms with E-state index in [2.05, 4.69) is 42.5 Å². The van der Waals surface area contributed by atoms with Gasteiger partial charge in [0.1, 0.15) is 11.4 Å². The SMILES string of the molecule is CC(C)Nc1nc(Nc2ccnc(C3(C)CC3)c2)nc(-c2cccc(C(F)(F)F)n2)n1. The van der Waals surface area contributed by atoms with Crippen LogP contribution in [0.4, 0.5) is 30.8 Å². The molecule has 1 saturated carbocycles. The summed E-state index contributed by atoms with van der Waals surface area (Å²) in [4.78, 5) is 21.1. The summed E-state index contributed by atoms with van der Waals surface area (Å²) in [6, 6.07) is 7.37. The lowest BCUT2D eigenvalue weighted by atomic mass is 10.0. The molecule has 0 radical (unpaired) electrons. The van der Waals surface area contributed by atoms with E-state index in [0.717, 1.165) is 30.3 Å². The van der Waals surface area contributed by atoms with E-state index in [4.69, 9.17) is 0 Å². The third-order valence-electron chi connectivity index (χ3n) is 4.96. The van der Waals surface area contributed by atoms with Crippen molar-refractivity contribution >= 4 is 17.6 Å². The molecule has 0 amide bonds. The number of alkyl halides is 3. The first kappa shape index (κ1) is 21.0. The van der Waals surface area contributed by atoms with Gasteiger partial charge in [-0.1, -0.05) is 13.0 Å². The van der Waals surface area contributed by atoms with Gasteiger partial charge in [0.25, 0.3) is 0 Å². The van der Waals surface area contributed by atoms with E-state index < -0.39 is 11.9 Å². The van der Waals surface area contributed by atoms with Crippen LogP contribution in [0.3, 0.4) is 0 Å². The summed E-state index contributed by atoms with van der Waals surface area (Å²) in [5, 5.41) is 6.19. The minimum Gasteiger partial charge on any atom is -0.352 e. The van der Waals surface area contributed by atoms with Gasteiger partial charge < -0.3 is 10.6 Å². The first-order valence-corrected chi connectivity index (χ1v) is 9.93. The van der Waals surface area contributed by atoms with Gasteiger partial charge in [-0.25, -0.2) is 4.98 Å². The van der Waals surface area contributed by atoms with Gasteiger partial charge in [0.15, 0.2) is 5.82 Å². The molecule has 4 rings (SSSR count). The van der Waals surface area contributed by atoms with Crippen molar-refractivity contribution < 1.29 is 13.2 Å². The summed E-state index contributed by atoms with van der Waals surface area (Å²) in [7, 11) is 0. The van der Waals surface area contributed by atoms with Crippen LogP contribution in [0, 0.1) is 0 Å². The fraction of sp³-hybridized carbons (Fsp3) is 0.381. The zero-order valence-corrected chi connectivity index (χ0v) is 17.3. The number of hydrogen-bond acceptors (Lipinski definition) is 7. The minimum absolute atomic E-state index is 0.00740. The van der Waals surface area contributed by atoms with E-state index >= 15 is 0 Å². The molecule has 2 N–H and O–H groups in total. The molecule has 3 aromatic rings. The lowest BCUT2D eigenvalue weighted by Crippen LogP contribution is -2.15. The number of nitrogens with one attached hydrogen (secondary N) is 2. The molecule has 3 aromatic heterocycles. The molecule has 10 heteroatoms. The zero-order valence-electron chi connectivity index (χ0n) is 17.3. The third kappa shape index (κ3) is 4.89. The molecule has 7 nitrogen and oxygen atoms in total. The Labute approximate surface area is 177 Å². The predicted molar refractivity (Wildman–Crippen MR) is 111 cm³/mol. The summed E-state index contributed by atoms with van der Waals surface area (Å²) >= 11 is 0. The van der Waals surface area contributed by atoms with Crippen molar-refractivity contribution in [2.45, 2.75) is 51.2 Å². The largest absolute Gasteiger partial charge is 0.433 e. The molecule has 1 aliphatic carbocycles. The summed E-state index contributed by atoms with van der Waals surface area (Å²) in [6.45, 7) is 5.97. The van der Waals surface area contributed by atoms with E-state index in [-0.39, 0.29) is 34.9 Å². The van der Waals surface area contributed by atoms with Crippen LogP contribution in [0.15, 0.2) is 36.5 Å². The Morgan fingerprint density at radius 1 is 1.00 bits per heavy atom. The molecular weight excluding hydrogens is 407 g/mol. The van der Waals surface area contributed by atoms with Crippen LogP contribution < -0.4 is 10.6 Å². The van der Waals surface area contributed by atoms with Crippen molar-refractivity contribution in [1.82, 2.24) is 24.9 Å². The van der Waals surface area contributed by atoms with Crippen molar-refractivity contribution in [3.63, 3.8) is 0 Å². The Bertz CT molecular complexity index is 1090. The topological polar surface area (TPSA) is 88.5 Å². The van der Waals surface area contributed by atoms with Gasteiger partial charge >= 0.3 is 6.18 Å². The van der Waals surface area contributed by atoms with Crippen molar-refractivity contribution in [3.05, 3.63) is 47.9 Å². The highest BCUT2D eigenvalue weighted by molar-refractivity contribution is 5.59. The number of nitrogens with zero attached hydrogens (tertiary/aromatic N) is 5. The highest BCUT2D eigenvalue weighted by Gasteiger charge is 2.40. The van der Waals surface area contributed by atoms with Gasteiger partial charge in [-0.05, 0) is 51.0 Å². The second-order valence-corrected chi connectivity index (χ2v) is 8.13. The number of anilines is 3. The molecule has 162 valence electrons. The average Bonchev–Trinajstić information content (AvgIpc) is 3.46. The maximum absolute atomic E-state index is 13.1. The Kier molecular flexibility index (Phi) is 5.24. The molecule has 0 atom stereocenters. The molecular formula is C21H22F3N7. The first-order valence-electron chi connectivity index (χ1n) is 9.93. The lowest BCUT2D eigenvalue weighted by Gasteiger charge is -2.14. The number of halogens is 3. The quantitative estimate of drug-likeness (QED) is 0.572. The minimum atomic E-state index is -4.56. The molecule has 0 aromatic carbocycles. The average molecular weight is 429 g/mol. The van der Waals surface area contributed by atoms with Crippen molar-refractivity contribution in [2.24, 2.45) is 0 Å². The smallest absolute Gasteiger partial charge is 0.352 e. The van der Waals surface area contributed by atoms with E-state index in [1.54, 1.807) is 12.3 Å². The third-order valence-corrected chi connectivity index (χ3v) is 4.96. The van der Waals surface area contributed by atoms with Crippen LogP contribution in [0.1, 0.15) is 45.0 Å². The first-order chi connectivity index (χ1) is 14.6. The van der Waals surface area contributed by atoms with Gasteiger partial charge in [-0.3, -0.25) is 4.98 Å². The maximum atomic E-state index is 13.1. The van der Waals surface area contributed by atoms with Gasteiger partial charge in [0.05, 0.1) is 0 Å². The molecule has 1 aliphatic rings. The molecule has 0 bridgehead atoms. The number of rotatable bonds is 6. The van der Waals surface area contributed by atoms with Crippen LogP contribution in [0.5, 0.6) is 0 Å². The van der Waals surface area contributed by atoms with Gasteiger partial charge in [-0.2, -0.15) is 28.1 Å².